The third kappa shape index (κ3) is 5.05. The minimum Gasteiger partial charge on any atom is -0.348 e. The number of non-ortho nitro benzene ring substituents is 1. The Hall–Kier alpha value is -3.44. The van der Waals surface area contributed by atoms with Crippen LogP contribution < -0.4 is 5.32 Å². The second-order valence-corrected chi connectivity index (χ2v) is 6.52. The van der Waals surface area contributed by atoms with Crippen LogP contribution >= 0.6 is 11.6 Å². The normalized spacial score (nSPS) is 11.1. The van der Waals surface area contributed by atoms with Crippen LogP contribution in [0.3, 0.4) is 0 Å². The van der Waals surface area contributed by atoms with E-state index in [1.54, 1.807) is 30.3 Å². The summed E-state index contributed by atoms with van der Waals surface area (Å²) in [7, 11) is 0. The Morgan fingerprint density at radius 3 is 2.39 bits per heavy atom. The summed E-state index contributed by atoms with van der Waals surface area (Å²) in [6.07, 6.45) is 1.65. The lowest BCUT2D eigenvalue weighted by atomic mass is 10.0. The average Bonchev–Trinajstić information content (AvgIpc) is 2.72. The summed E-state index contributed by atoms with van der Waals surface area (Å²) in [6.45, 7) is 0.342. The molecule has 0 fully saturated rings. The van der Waals surface area contributed by atoms with Crippen LogP contribution in [0.2, 0.25) is 5.02 Å². The number of benzene rings is 3. The van der Waals surface area contributed by atoms with Crippen LogP contribution in [-0.4, -0.2) is 10.8 Å². The summed E-state index contributed by atoms with van der Waals surface area (Å²) in [5.41, 5.74) is 2.62. The summed E-state index contributed by atoms with van der Waals surface area (Å²) in [5.74, 6) is -0.271. The maximum atomic E-state index is 12.9. The van der Waals surface area contributed by atoms with Crippen LogP contribution in [-0.2, 0) is 11.3 Å². The van der Waals surface area contributed by atoms with Crippen molar-refractivity contribution in [2.75, 3.05) is 0 Å². The van der Waals surface area contributed by atoms with Gasteiger partial charge in [-0.1, -0.05) is 66.2 Å². The lowest BCUT2D eigenvalue weighted by Crippen LogP contribution is -2.23. The molecule has 0 aliphatic carbocycles. The highest BCUT2D eigenvalue weighted by Gasteiger charge is 2.13. The molecule has 0 atom stereocenters. The van der Waals surface area contributed by atoms with Crippen LogP contribution in [0.4, 0.5) is 5.69 Å². The third-order valence-corrected chi connectivity index (χ3v) is 4.34. The number of amides is 1. The molecule has 3 aromatic rings. The van der Waals surface area contributed by atoms with Crippen molar-refractivity contribution in [2.24, 2.45) is 0 Å². The Morgan fingerprint density at radius 1 is 1.00 bits per heavy atom. The predicted molar refractivity (Wildman–Crippen MR) is 111 cm³/mol. The molecule has 0 heterocycles. The van der Waals surface area contributed by atoms with E-state index in [-0.39, 0.29) is 11.6 Å². The number of rotatable bonds is 6. The Balaban J connectivity index is 1.88. The fraction of sp³-hybridized carbons (Fsp3) is 0.0455. The van der Waals surface area contributed by atoms with Crippen molar-refractivity contribution in [3.05, 3.63) is 111 Å². The van der Waals surface area contributed by atoms with Gasteiger partial charge >= 0.3 is 0 Å². The third-order valence-electron chi connectivity index (χ3n) is 4.09. The zero-order valence-corrected chi connectivity index (χ0v) is 15.6. The van der Waals surface area contributed by atoms with Gasteiger partial charge in [0.1, 0.15) is 0 Å². The summed E-state index contributed by atoms with van der Waals surface area (Å²) in [6, 6.07) is 22.6. The molecule has 6 heteroatoms. The molecule has 3 aromatic carbocycles. The van der Waals surface area contributed by atoms with Gasteiger partial charge in [-0.05, 0) is 34.9 Å². The Bertz CT molecular complexity index is 1020. The molecule has 28 heavy (non-hydrogen) atoms. The first kappa shape index (κ1) is 19.3. The van der Waals surface area contributed by atoms with Gasteiger partial charge in [-0.2, -0.15) is 0 Å². The van der Waals surface area contributed by atoms with Gasteiger partial charge in [0.15, 0.2) is 0 Å². The number of carbonyl (C=O) groups is 1. The molecule has 0 spiro atoms. The van der Waals surface area contributed by atoms with Gasteiger partial charge in [-0.25, -0.2) is 0 Å². The van der Waals surface area contributed by atoms with Gasteiger partial charge in [-0.15, -0.1) is 0 Å². The number of nitrogens with one attached hydrogen (secondary N) is 1. The first-order chi connectivity index (χ1) is 13.5. The lowest BCUT2D eigenvalue weighted by molar-refractivity contribution is -0.384. The van der Waals surface area contributed by atoms with E-state index >= 15 is 0 Å². The topological polar surface area (TPSA) is 72.2 Å². The van der Waals surface area contributed by atoms with E-state index in [4.69, 9.17) is 11.6 Å². The minimum absolute atomic E-state index is 0.0252. The Morgan fingerprint density at radius 2 is 1.71 bits per heavy atom. The Labute approximate surface area is 167 Å². The maximum absolute atomic E-state index is 12.9. The largest absolute Gasteiger partial charge is 0.348 e. The highest BCUT2D eigenvalue weighted by atomic mass is 35.5. The van der Waals surface area contributed by atoms with Gasteiger partial charge < -0.3 is 5.32 Å². The monoisotopic (exact) mass is 392 g/mol. The van der Waals surface area contributed by atoms with Crippen molar-refractivity contribution in [1.82, 2.24) is 5.32 Å². The van der Waals surface area contributed by atoms with Crippen molar-refractivity contribution in [3.8, 4) is 0 Å². The lowest BCUT2D eigenvalue weighted by Gasteiger charge is -2.10. The quantitative estimate of drug-likeness (QED) is 0.274. The van der Waals surface area contributed by atoms with E-state index in [9.17, 15) is 14.9 Å². The van der Waals surface area contributed by atoms with Crippen molar-refractivity contribution < 1.29 is 9.72 Å². The number of nitro benzene ring substituents is 1. The zero-order chi connectivity index (χ0) is 19.9. The maximum Gasteiger partial charge on any atom is 0.270 e. The van der Waals surface area contributed by atoms with Gasteiger partial charge in [0.2, 0.25) is 0 Å². The van der Waals surface area contributed by atoms with E-state index in [1.165, 1.54) is 12.1 Å². The standard InChI is InChI=1S/C22H17ClN2O3/c23-19-11-9-16(10-12-19)15-24-22(26)21(18-6-2-1-3-7-18)14-17-5-4-8-20(13-17)25(27)28/h1-14H,15H2,(H,24,26)/b21-14+. The highest BCUT2D eigenvalue weighted by Crippen LogP contribution is 2.21. The number of carbonyl (C=O) groups excluding carboxylic acids is 1. The number of nitro groups is 1. The predicted octanol–water partition coefficient (Wildman–Crippen LogP) is 5.11. The van der Waals surface area contributed by atoms with Crippen LogP contribution in [0.1, 0.15) is 16.7 Å². The first-order valence-electron chi connectivity index (χ1n) is 8.57. The van der Waals surface area contributed by atoms with E-state index in [1.807, 2.05) is 42.5 Å². The van der Waals surface area contributed by atoms with Crippen LogP contribution in [0.15, 0.2) is 78.9 Å². The van der Waals surface area contributed by atoms with Gasteiger partial charge in [0.05, 0.1) is 4.92 Å². The summed E-state index contributed by atoms with van der Waals surface area (Å²) in [5, 5.41) is 14.5. The molecule has 0 saturated carbocycles. The number of halogens is 1. The molecule has 0 saturated heterocycles. The van der Waals surface area contributed by atoms with Crippen molar-refractivity contribution >= 4 is 34.8 Å². The van der Waals surface area contributed by atoms with Gasteiger partial charge in [0, 0.05) is 29.3 Å². The summed E-state index contributed by atoms with van der Waals surface area (Å²) in [4.78, 5) is 23.4. The molecular formula is C22H17ClN2O3. The molecule has 3 rings (SSSR count). The molecule has 0 radical (unpaired) electrons. The van der Waals surface area contributed by atoms with Crippen LogP contribution in [0, 0.1) is 10.1 Å². The molecule has 0 unspecified atom stereocenters. The highest BCUT2D eigenvalue weighted by molar-refractivity contribution is 6.30. The molecule has 1 amide bonds. The molecule has 0 bridgehead atoms. The van der Waals surface area contributed by atoms with Crippen molar-refractivity contribution in [1.29, 1.82) is 0 Å². The second-order valence-electron chi connectivity index (χ2n) is 6.09. The summed E-state index contributed by atoms with van der Waals surface area (Å²) < 4.78 is 0. The molecule has 140 valence electrons. The fourth-order valence-corrected chi connectivity index (χ4v) is 2.80. The van der Waals surface area contributed by atoms with Gasteiger partial charge in [0.25, 0.3) is 11.6 Å². The number of hydrogen-bond acceptors (Lipinski definition) is 3. The smallest absolute Gasteiger partial charge is 0.270 e. The van der Waals surface area contributed by atoms with E-state index in [0.29, 0.717) is 22.7 Å². The van der Waals surface area contributed by atoms with Crippen LogP contribution in [0.5, 0.6) is 0 Å². The molecule has 0 aliphatic heterocycles. The molecule has 0 aromatic heterocycles. The molecule has 5 nitrogen and oxygen atoms in total. The van der Waals surface area contributed by atoms with E-state index < -0.39 is 4.92 Å². The van der Waals surface area contributed by atoms with Crippen molar-refractivity contribution in [3.63, 3.8) is 0 Å². The average molecular weight is 393 g/mol. The van der Waals surface area contributed by atoms with Crippen LogP contribution in [0.25, 0.3) is 11.6 Å². The fourth-order valence-electron chi connectivity index (χ4n) is 2.67. The zero-order valence-electron chi connectivity index (χ0n) is 14.8. The molecular weight excluding hydrogens is 376 g/mol. The number of nitrogens with zero attached hydrogens (tertiary/aromatic N) is 1. The Kier molecular flexibility index (Phi) is 6.19. The second kappa shape index (κ2) is 8.97. The SMILES string of the molecule is O=C(NCc1ccc(Cl)cc1)/C(=C/c1cccc([N+](=O)[O-])c1)c1ccccc1. The van der Waals surface area contributed by atoms with E-state index in [0.717, 1.165) is 11.1 Å². The number of hydrogen-bond donors (Lipinski definition) is 1. The van der Waals surface area contributed by atoms with Crippen molar-refractivity contribution in [2.45, 2.75) is 6.54 Å². The summed E-state index contributed by atoms with van der Waals surface area (Å²) >= 11 is 5.89. The molecule has 0 aliphatic rings. The van der Waals surface area contributed by atoms with Gasteiger partial charge in [-0.3, -0.25) is 14.9 Å². The molecule has 1 N–H and O–H groups in total. The van der Waals surface area contributed by atoms with E-state index in [2.05, 4.69) is 5.32 Å². The first-order valence-corrected chi connectivity index (χ1v) is 8.95. The minimum atomic E-state index is -0.458.